The molecule has 1 saturated heterocycles. The van der Waals surface area contributed by atoms with Gasteiger partial charge in [0, 0.05) is 6.61 Å². The fourth-order valence-corrected chi connectivity index (χ4v) is 2.39. The molecule has 104 valence electrons. The number of aryl methyl sites for hydroxylation is 1. The first-order valence-corrected chi connectivity index (χ1v) is 7.32. The number of rotatable bonds is 6. The second-order valence-corrected chi connectivity index (χ2v) is 5.02. The molecule has 0 spiro atoms. The summed E-state index contributed by atoms with van der Waals surface area (Å²) in [6.45, 7) is 2.88. The fourth-order valence-electron chi connectivity index (χ4n) is 2.39. The minimum atomic E-state index is -0.00859. The Bertz CT molecular complexity index is 366. The lowest BCUT2D eigenvalue weighted by Gasteiger charge is -2.26. The molecule has 2 rings (SSSR count). The normalized spacial score (nSPS) is 21.6. The third kappa shape index (κ3) is 5.17. The molecule has 2 atom stereocenters. The van der Waals surface area contributed by atoms with Crippen LogP contribution in [0.15, 0.2) is 42.5 Å². The van der Waals surface area contributed by atoms with Gasteiger partial charge in [-0.05, 0) is 44.6 Å². The maximum atomic E-state index is 6.04. The van der Waals surface area contributed by atoms with Crippen LogP contribution in [0.5, 0.6) is 0 Å². The van der Waals surface area contributed by atoms with Crippen molar-refractivity contribution >= 4 is 0 Å². The summed E-state index contributed by atoms with van der Waals surface area (Å²) in [6.07, 6.45) is 9.82. The van der Waals surface area contributed by atoms with Gasteiger partial charge in [-0.3, -0.25) is 0 Å². The van der Waals surface area contributed by atoms with Crippen molar-refractivity contribution in [2.75, 3.05) is 6.61 Å². The molecule has 0 radical (unpaired) electrons. The predicted octanol–water partition coefficient (Wildman–Crippen LogP) is 4.11. The minimum Gasteiger partial charge on any atom is -0.353 e. The number of hydrogen-bond donors (Lipinski definition) is 0. The SMILES string of the molecule is C/C=C/[C@H](CCc1ccccc1)OC1CCCCO1. The fraction of sp³-hybridized carbons (Fsp3) is 0.529. The topological polar surface area (TPSA) is 18.5 Å². The second kappa shape index (κ2) is 8.13. The van der Waals surface area contributed by atoms with Crippen molar-refractivity contribution in [2.24, 2.45) is 0 Å². The van der Waals surface area contributed by atoms with Crippen molar-refractivity contribution < 1.29 is 9.47 Å². The summed E-state index contributed by atoms with van der Waals surface area (Å²) < 4.78 is 11.7. The lowest BCUT2D eigenvalue weighted by atomic mass is 10.1. The number of benzene rings is 1. The zero-order valence-corrected chi connectivity index (χ0v) is 11.8. The summed E-state index contributed by atoms with van der Waals surface area (Å²) in [7, 11) is 0. The molecule has 1 aliphatic heterocycles. The highest BCUT2D eigenvalue weighted by Gasteiger charge is 2.18. The molecule has 2 heteroatoms. The highest BCUT2D eigenvalue weighted by Crippen LogP contribution is 2.18. The summed E-state index contributed by atoms with van der Waals surface area (Å²) >= 11 is 0. The Balaban J connectivity index is 1.81. The summed E-state index contributed by atoms with van der Waals surface area (Å²) in [6, 6.07) is 10.6. The third-order valence-electron chi connectivity index (χ3n) is 3.43. The lowest BCUT2D eigenvalue weighted by molar-refractivity contribution is -0.179. The van der Waals surface area contributed by atoms with E-state index in [1.165, 1.54) is 12.0 Å². The van der Waals surface area contributed by atoms with E-state index >= 15 is 0 Å². The van der Waals surface area contributed by atoms with Crippen LogP contribution >= 0.6 is 0 Å². The van der Waals surface area contributed by atoms with Gasteiger partial charge < -0.3 is 9.47 Å². The van der Waals surface area contributed by atoms with Crippen molar-refractivity contribution in [3.63, 3.8) is 0 Å². The Kier molecular flexibility index (Phi) is 6.12. The van der Waals surface area contributed by atoms with Gasteiger partial charge in [0.1, 0.15) is 0 Å². The van der Waals surface area contributed by atoms with Crippen LogP contribution in [-0.2, 0) is 15.9 Å². The Hall–Kier alpha value is -1.12. The van der Waals surface area contributed by atoms with E-state index in [4.69, 9.17) is 9.47 Å². The monoisotopic (exact) mass is 260 g/mol. The molecule has 1 aromatic rings. The van der Waals surface area contributed by atoms with Gasteiger partial charge >= 0.3 is 0 Å². The van der Waals surface area contributed by atoms with E-state index in [2.05, 4.69) is 42.5 Å². The first-order chi connectivity index (χ1) is 9.38. The maximum absolute atomic E-state index is 6.04. The van der Waals surface area contributed by atoms with Crippen LogP contribution in [-0.4, -0.2) is 19.0 Å². The van der Waals surface area contributed by atoms with Gasteiger partial charge in [-0.15, -0.1) is 0 Å². The highest BCUT2D eigenvalue weighted by molar-refractivity contribution is 5.15. The quantitative estimate of drug-likeness (QED) is 0.717. The van der Waals surface area contributed by atoms with E-state index in [1.54, 1.807) is 0 Å². The number of allylic oxidation sites excluding steroid dienone is 1. The molecule has 1 aromatic carbocycles. The van der Waals surface area contributed by atoms with E-state index in [0.29, 0.717) is 0 Å². The van der Waals surface area contributed by atoms with Crippen LogP contribution in [0.3, 0.4) is 0 Å². The summed E-state index contributed by atoms with van der Waals surface area (Å²) in [5.41, 5.74) is 1.37. The van der Waals surface area contributed by atoms with E-state index in [0.717, 1.165) is 32.3 Å². The van der Waals surface area contributed by atoms with Gasteiger partial charge in [0.05, 0.1) is 6.10 Å². The first-order valence-electron chi connectivity index (χ1n) is 7.32. The highest BCUT2D eigenvalue weighted by atomic mass is 16.7. The predicted molar refractivity (Wildman–Crippen MR) is 78.0 cm³/mol. The van der Waals surface area contributed by atoms with Gasteiger partial charge in [0.15, 0.2) is 6.29 Å². The molecule has 1 aliphatic rings. The van der Waals surface area contributed by atoms with Crippen LogP contribution in [0.1, 0.15) is 38.2 Å². The average Bonchev–Trinajstić information content (AvgIpc) is 2.47. The van der Waals surface area contributed by atoms with Gasteiger partial charge in [-0.2, -0.15) is 0 Å². The first kappa shape index (κ1) is 14.3. The van der Waals surface area contributed by atoms with E-state index in [-0.39, 0.29) is 12.4 Å². The summed E-state index contributed by atoms with van der Waals surface area (Å²) in [5.74, 6) is 0. The lowest BCUT2D eigenvalue weighted by Crippen LogP contribution is -2.27. The van der Waals surface area contributed by atoms with E-state index in [1.807, 2.05) is 6.92 Å². The Morgan fingerprint density at radius 1 is 1.32 bits per heavy atom. The minimum absolute atomic E-state index is 0.00859. The van der Waals surface area contributed by atoms with Crippen LogP contribution in [0.2, 0.25) is 0 Å². The molecular weight excluding hydrogens is 236 g/mol. The molecule has 0 aliphatic carbocycles. The average molecular weight is 260 g/mol. The van der Waals surface area contributed by atoms with Gasteiger partial charge in [-0.25, -0.2) is 0 Å². The summed E-state index contributed by atoms with van der Waals surface area (Å²) in [4.78, 5) is 0. The van der Waals surface area contributed by atoms with E-state index < -0.39 is 0 Å². The standard InChI is InChI=1S/C17H24O2/c1-2-8-16(19-17-11-6-7-14-18-17)13-12-15-9-4-3-5-10-15/h2-5,8-10,16-17H,6-7,11-14H2,1H3/b8-2+/t16-,17?/m1/s1. The number of hydrogen-bond acceptors (Lipinski definition) is 2. The molecule has 0 aromatic heterocycles. The third-order valence-corrected chi connectivity index (χ3v) is 3.43. The van der Waals surface area contributed by atoms with Crippen molar-refractivity contribution in [2.45, 2.75) is 51.4 Å². The Morgan fingerprint density at radius 3 is 2.84 bits per heavy atom. The zero-order chi connectivity index (χ0) is 13.3. The summed E-state index contributed by atoms with van der Waals surface area (Å²) in [5, 5.41) is 0. The largest absolute Gasteiger partial charge is 0.353 e. The van der Waals surface area contributed by atoms with Crippen LogP contribution < -0.4 is 0 Å². The molecular formula is C17H24O2. The van der Waals surface area contributed by atoms with Crippen LogP contribution in [0.4, 0.5) is 0 Å². The number of ether oxygens (including phenoxy) is 2. The van der Waals surface area contributed by atoms with Crippen LogP contribution in [0, 0.1) is 0 Å². The molecule has 1 fully saturated rings. The molecule has 2 nitrogen and oxygen atoms in total. The molecule has 0 saturated carbocycles. The van der Waals surface area contributed by atoms with Crippen molar-refractivity contribution in [1.82, 2.24) is 0 Å². The molecule has 0 bridgehead atoms. The van der Waals surface area contributed by atoms with Crippen molar-refractivity contribution in [3.8, 4) is 0 Å². The van der Waals surface area contributed by atoms with Crippen LogP contribution in [0.25, 0.3) is 0 Å². The molecule has 0 N–H and O–H groups in total. The van der Waals surface area contributed by atoms with Crippen molar-refractivity contribution in [3.05, 3.63) is 48.0 Å². The molecule has 19 heavy (non-hydrogen) atoms. The molecule has 0 amide bonds. The van der Waals surface area contributed by atoms with Gasteiger partial charge in [0.25, 0.3) is 0 Å². The van der Waals surface area contributed by atoms with Gasteiger partial charge in [0.2, 0.25) is 0 Å². The van der Waals surface area contributed by atoms with Crippen molar-refractivity contribution in [1.29, 1.82) is 0 Å². The Labute approximate surface area is 116 Å². The second-order valence-electron chi connectivity index (χ2n) is 5.02. The van der Waals surface area contributed by atoms with Gasteiger partial charge in [-0.1, -0.05) is 42.5 Å². The maximum Gasteiger partial charge on any atom is 0.158 e. The smallest absolute Gasteiger partial charge is 0.158 e. The molecule has 1 unspecified atom stereocenters. The zero-order valence-electron chi connectivity index (χ0n) is 11.8. The van der Waals surface area contributed by atoms with E-state index in [9.17, 15) is 0 Å². The molecule has 1 heterocycles. The Morgan fingerprint density at radius 2 is 2.16 bits per heavy atom.